The number of rotatable bonds is 10. The van der Waals surface area contributed by atoms with Gasteiger partial charge in [0.1, 0.15) is 12.6 Å². The van der Waals surface area contributed by atoms with Gasteiger partial charge >= 0.3 is 5.97 Å². The third kappa shape index (κ3) is 7.22. The Morgan fingerprint density at radius 1 is 1.06 bits per heavy atom. The number of carboxylic acid groups (broad SMARTS) is 1. The van der Waals surface area contributed by atoms with E-state index in [1.165, 1.54) is 11.6 Å². The quantitative estimate of drug-likeness (QED) is 0.358. The number of carboxylic acids is 1. The Morgan fingerprint density at radius 2 is 1.76 bits per heavy atom. The number of halogens is 1. The van der Waals surface area contributed by atoms with Crippen molar-refractivity contribution in [2.45, 2.75) is 26.0 Å². The summed E-state index contributed by atoms with van der Waals surface area (Å²) in [6.07, 6.45) is 3.09. The van der Waals surface area contributed by atoms with Crippen LogP contribution in [-0.2, 0) is 22.6 Å². The number of carbonyl (C=O) groups is 2. The van der Waals surface area contributed by atoms with Crippen molar-refractivity contribution >= 4 is 33.9 Å². The zero-order valence-electron chi connectivity index (χ0n) is 19.0. The second kappa shape index (κ2) is 12.0. The summed E-state index contributed by atoms with van der Waals surface area (Å²) in [5, 5.41) is 12.0. The van der Waals surface area contributed by atoms with Gasteiger partial charge in [0.25, 0.3) is 0 Å². The molecule has 3 aromatic carbocycles. The lowest BCUT2D eigenvalue weighted by molar-refractivity contribution is -0.141. The highest BCUT2D eigenvalue weighted by Crippen LogP contribution is 2.37. The smallest absolute Gasteiger partial charge is 0.326 e. The van der Waals surface area contributed by atoms with Gasteiger partial charge in [-0.25, -0.2) is 4.79 Å². The standard InChI is InChI=1S/C27H26BrNO5/c1-18-8-10-20(11-9-18)17-34-26-22(28)14-21(16-24(26)33-2)12-13-25(30)29-23(27(31)32)15-19-6-4-3-5-7-19/h3-14,16,23H,15,17H2,1-2H3,(H,29,30)(H,31,32)/b13-12+/t23-/m0/s1. The summed E-state index contributed by atoms with van der Waals surface area (Å²) in [5.74, 6) is -0.532. The van der Waals surface area contributed by atoms with Crippen LogP contribution in [0.2, 0.25) is 0 Å². The fourth-order valence-corrected chi connectivity index (χ4v) is 3.83. The van der Waals surface area contributed by atoms with E-state index in [4.69, 9.17) is 9.47 Å². The number of aryl methyl sites for hydroxylation is 1. The third-order valence-corrected chi connectivity index (χ3v) is 5.67. The van der Waals surface area contributed by atoms with E-state index in [2.05, 4.69) is 21.2 Å². The fourth-order valence-electron chi connectivity index (χ4n) is 3.26. The first-order valence-electron chi connectivity index (χ1n) is 10.7. The minimum atomic E-state index is -1.09. The maximum absolute atomic E-state index is 12.4. The van der Waals surface area contributed by atoms with E-state index in [-0.39, 0.29) is 6.42 Å². The molecule has 7 heteroatoms. The van der Waals surface area contributed by atoms with Crippen LogP contribution in [0, 0.1) is 6.92 Å². The van der Waals surface area contributed by atoms with Crippen LogP contribution in [0.25, 0.3) is 6.08 Å². The molecule has 0 unspecified atom stereocenters. The van der Waals surface area contributed by atoms with Crippen LogP contribution in [0.4, 0.5) is 0 Å². The zero-order chi connectivity index (χ0) is 24.5. The SMILES string of the molecule is COc1cc(/C=C/C(=O)N[C@@H](Cc2ccccc2)C(=O)O)cc(Br)c1OCc1ccc(C)cc1. The number of carbonyl (C=O) groups excluding carboxylic acids is 1. The predicted molar refractivity (Wildman–Crippen MR) is 135 cm³/mol. The fraction of sp³-hybridized carbons (Fsp3) is 0.185. The molecule has 3 rings (SSSR count). The van der Waals surface area contributed by atoms with Crippen molar-refractivity contribution in [2.75, 3.05) is 7.11 Å². The monoisotopic (exact) mass is 523 g/mol. The topological polar surface area (TPSA) is 84.9 Å². The Morgan fingerprint density at radius 3 is 2.41 bits per heavy atom. The molecule has 0 spiro atoms. The van der Waals surface area contributed by atoms with E-state index in [0.29, 0.717) is 28.1 Å². The van der Waals surface area contributed by atoms with Crippen LogP contribution in [0.15, 0.2) is 77.3 Å². The number of nitrogens with one attached hydrogen (secondary N) is 1. The van der Waals surface area contributed by atoms with Gasteiger partial charge in [-0.05, 0) is 57.8 Å². The third-order valence-electron chi connectivity index (χ3n) is 5.08. The lowest BCUT2D eigenvalue weighted by atomic mass is 10.1. The first kappa shape index (κ1) is 25.1. The van der Waals surface area contributed by atoms with Crippen LogP contribution in [0.1, 0.15) is 22.3 Å². The summed E-state index contributed by atoms with van der Waals surface area (Å²) in [6.45, 7) is 2.41. The average molecular weight is 524 g/mol. The predicted octanol–water partition coefficient (Wildman–Crippen LogP) is 5.17. The first-order chi connectivity index (χ1) is 16.4. The normalized spacial score (nSPS) is 11.7. The van der Waals surface area contributed by atoms with Crippen molar-refractivity contribution in [2.24, 2.45) is 0 Å². The first-order valence-corrected chi connectivity index (χ1v) is 11.5. The highest BCUT2D eigenvalue weighted by molar-refractivity contribution is 9.10. The highest BCUT2D eigenvalue weighted by Gasteiger charge is 2.19. The van der Waals surface area contributed by atoms with Gasteiger partial charge in [0, 0.05) is 12.5 Å². The van der Waals surface area contributed by atoms with Gasteiger partial charge in [0.2, 0.25) is 5.91 Å². The molecule has 1 atom stereocenters. The molecule has 0 heterocycles. The molecule has 1 amide bonds. The van der Waals surface area contributed by atoms with E-state index < -0.39 is 17.9 Å². The number of methoxy groups -OCH3 is 1. The number of ether oxygens (including phenoxy) is 2. The van der Waals surface area contributed by atoms with Crippen molar-refractivity contribution in [3.8, 4) is 11.5 Å². The van der Waals surface area contributed by atoms with Crippen molar-refractivity contribution < 1.29 is 24.2 Å². The van der Waals surface area contributed by atoms with Crippen LogP contribution in [-0.4, -0.2) is 30.1 Å². The van der Waals surface area contributed by atoms with Crippen molar-refractivity contribution in [1.82, 2.24) is 5.32 Å². The maximum Gasteiger partial charge on any atom is 0.326 e. The molecule has 6 nitrogen and oxygen atoms in total. The Balaban J connectivity index is 1.67. The summed E-state index contributed by atoms with van der Waals surface area (Å²) < 4.78 is 12.1. The minimum Gasteiger partial charge on any atom is -0.493 e. The molecule has 2 N–H and O–H groups in total. The van der Waals surface area contributed by atoms with E-state index in [1.807, 2.05) is 61.5 Å². The van der Waals surface area contributed by atoms with Crippen molar-refractivity contribution in [3.63, 3.8) is 0 Å². The number of benzene rings is 3. The number of hydrogen-bond acceptors (Lipinski definition) is 4. The Kier molecular flexibility index (Phi) is 8.87. The molecule has 0 saturated carbocycles. The Labute approximate surface area is 207 Å². The summed E-state index contributed by atoms with van der Waals surface area (Å²) in [4.78, 5) is 24.0. The summed E-state index contributed by atoms with van der Waals surface area (Å²) in [7, 11) is 1.54. The molecule has 0 radical (unpaired) electrons. The van der Waals surface area contributed by atoms with E-state index in [0.717, 1.165) is 11.1 Å². The molecule has 3 aromatic rings. The number of hydrogen-bond donors (Lipinski definition) is 2. The van der Waals surface area contributed by atoms with Crippen molar-refractivity contribution in [3.05, 3.63) is 99.5 Å². The van der Waals surface area contributed by atoms with Gasteiger partial charge in [-0.1, -0.05) is 60.2 Å². The van der Waals surface area contributed by atoms with Gasteiger partial charge in [0.05, 0.1) is 11.6 Å². The Hall–Kier alpha value is -3.58. The van der Waals surface area contributed by atoms with Gasteiger partial charge in [-0.3, -0.25) is 4.79 Å². The van der Waals surface area contributed by atoms with Crippen LogP contribution in [0.5, 0.6) is 11.5 Å². The van der Waals surface area contributed by atoms with Gasteiger partial charge in [0.15, 0.2) is 11.5 Å². The van der Waals surface area contributed by atoms with Gasteiger partial charge in [-0.2, -0.15) is 0 Å². The number of amides is 1. The molecule has 0 aliphatic heterocycles. The second-order valence-electron chi connectivity index (χ2n) is 7.73. The summed E-state index contributed by atoms with van der Waals surface area (Å²) in [5.41, 5.74) is 3.73. The molecule has 0 aliphatic carbocycles. The molecule has 0 saturated heterocycles. The molecular weight excluding hydrogens is 498 g/mol. The van der Waals surface area contributed by atoms with Crippen LogP contribution < -0.4 is 14.8 Å². The highest BCUT2D eigenvalue weighted by atomic mass is 79.9. The van der Waals surface area contributed by atoms with E-state index in [9.17, 15) is 14.7 Å². The molecular formula is C27H26BrNO5. The summed E-state index contributed by atoms with van der Waals surface area (Å²) >= 11 is 3.51. The summed E-state index contributed by atoms with van der Waals surface area (Å²) in [6, 6.07) is 19.7. The number of aliphatic carboxylic acids is 1. The Bertz CT molecular complexity index is 1160. The molecule has 0 fully saturated rings. The largest absolute Gasteiger partial charge is 0.493 e. The molecule has 34 heavy (non-hydrogen) atoms. The van der Waals surface area contributed by atoms with Gasteiger partial charge in [-0.15, -0.1) is 0 Å². The van der Waals surface area contributed by atoms with E-state index in [1.54, 1.807) is 25.3 Å². The lowest BCUT2D eigenvalue weighted by Crippen LogP contribution is -2.41. The molecule has 0 aliphatic rings. The molecule has 0 bridgehead atoms. The lowest BCUT2D eigenvalue weighted by Gasteiger charge is -2.14. The van der Waals surface area contributed by atoms with Crippen LogP contribution in [0.3, 0.4) is 0 Å². The molecule has 176 valence electrons. The van der Waals surface area contributed by atoms with Gasteiger partial charge < -0.3 is 19.9 Å². The van der Waals surface area contributed by atoms with Crippen LogP contribution >= 0.6 is 15.9 Å². The maximum atomic E-state index is 12.4. The second-order valence-corrected chi connectivity index (χ2v) is 8.59. The zero-order valence-corrected chi connectivity index (χ0v) is 20.5. The molecule has 0 aromatic heterocycles. The van der Waals surface area contributed by atoms with Crippen molar-refractivity contribution in [1.29, 1.82) is 0 Å². The van der Waals surface area contributed by atoms with E-state index >= 15 is 0 Å². The minimum absolute atomic E-state index is 0.197. The average Bonchev–Trinajstić information content (AvgIpc) is 2.83.